The lowest BCUT2D eigenvalue weighted by atomic mass is 10.2. The molecule has 94 valence electrons. The first kappa shape index (κ1) is 13.9. The molecule has 7 heteroatoms. The number of amides is 1. The van der Waals surface area contributed by atoms with Crippen molar-refractivity contribution in [3.8, 4) is 0 Å². The van der Waals surface area contributed by atoms with E-state index in [1.807, 2.05) is 0 Å². The number of hydrogen-bond acceptors (Lipinski definition) is 5. The van der Waals surface area contributed by atoms with Gasteiger partial charge in [-0.3, -0.25) is 4.79 Å². The van der Waals surface area contributed by atoms with Crippen LogP contribution in [0.15, 0.2) is 16.7 Å². The predicted octanol–water partition coefficient (Wildman–Crippen LogP) is 0.165. The summed E-state index contributed by atoms with van der Waals surface area (Å²) in [5.74, 6) is 0.0356. The summed E-state index contributed by atoms with van der Waals surface area (Å²) in [5, 5.41) is 11.1. The van der Waals surface area contributed by atoms with Gasteiger partial charge in [0.25, 0.3) is 5.91 Å². The molecule has 0 aliphatic carbocycles. The molecule has 17 heavy (non-hydrogen) atoms. The molecule has 0 saturated heterocycles. The number of aliphatic hydroxyl groups is 1. The number of halogens is 1. The highest BCUT2D eigenvalue weighted by Gasteiger charge is 2.10. The molecule has 1 aromatic rings. The van der Waals surface area contributed by atoms with Crippen molar-refractivity contribution < 1.29 is 14.6 Å². The van der Waals surface area contributed by atoms with Crippen LogP contribution in [0.5, 0.6) is 0 Å². The Morgan fingerprint density at radius 2 is 2.35 bits per heavy atom. The monoisotopic (exact) mass is 303 g/mol. The molecule has 0 bridgehead atoms. The van der Waals surface area contributed by atoms with Crippen molar-refractivity contribution in [2.75, 3.05) is 32.1 Å². The van der Waals surface area contributed by atoms with Crippen LogP contribution in [0.25, 0.3) is 0 Å². The number of ether oxygens (including phenoxy) is 1. The Hall–Kier alpha value is -1.18. The molecule has 0 unspecified atom stereocenters. The number of pyridine rings is 1. The fourth-order valence-electron chi connectivity index (χ4n) is 1.13. The second kappa shape index (κ2) is 7.21. The van der Waals surface area contributed by atoms with Crippen LogP contribution < -0.4 is 11.1 Å². The average Bonchev–Trinajstić information content (AvgIpc) is 2.32. The number of rotatable bonds is 6. The van der Waals surface area contributed by atoms with E-state index in [0.29, 0.717) is 23.2 Å². The van der Waals surface area contributed by atoms with Crippen LogP contribution in [-0.4, -0.2) is 42.4 Å². The van der Waals surface area contributed by atoms with Crippen molar-refractivity contribution in [3.05, 3.63) is 22.3 Å². The van der Waals surface area contributed by atoms with Gasteiger partial charge >= 0.3 is 0 Å². The number of hydrogen-bond donors (Lipinski definition) is 3. The summed E-state index contributed by atoms with van der Waals surface area (Å²) >= 11 is 3.22. The quantitative estimate of drug-likeness (QED) is 0.651. The van der Waals surface area contributed by atoms with Crippen LogP contribution in [0.4, 0.5) is 5.82 Å². The summed E-state index contributed by atoms with van der Waals surface area (Å²) in [6.07, 6.45) is 1.48. The van der Waals surface area contributed by atoms with E-state index in [2.05, 4.69) is 26.2 Å². The Labute approximate surface area is 107 Å². The third kappa shape index (κ3) is 4.68. The zero-order chi connectivity index (χ0) is 12.7. The Morgan fingerprint density at radius 3 is 3.06 bits per heavy atom. The molecule has 0 spiro atoms. The number of nitrogen functional groups attached to an aromatic ring is 1. The highest BCUT2D eigenvalue weighted by atomic mass is 79.9. The summed E-state index contributed by atoms with van der Waals surface area (Å²) in [7, 11) is 0. The smallest absolute Gasteiger partial charge is 0.252 e. The first-order valence-corrected chi connectivity index (χ1v) is 5.82. The van der Waals surface area contributed by atoms with E-state index in [0.717, 1.165) is 0 Å². The summed E-state index contributed by atoms with van der Waals surface area (Å²) in [6, 6.07) is 1.49. The first-order valence-electron chi connectivity index (χ1n) is 5.03. The van der Waals surface area contributed by atoms with Crippen molar-refractivity contribution >= 4 is 27.7 Å². The summed E-state index contributed by atoms with van der Waals surface area (Å²) in [4.78, 5) is 15.6. The number of aromatic nitrogens is 1. The van der Waals surface area contributed by atoms with Crippen molar-refractivity contribution in [1.29, 1.82) is 0 Å². The highest BCUT2D eigenvalue weighted by Crippen LogP contribution is 2.16. The molecular formula is C10H14BrN3O3. The predicted molar refractivity (Wildman–Crippen MR) is 66.6 cm³/mol. The molecule has 6 nitrogen and oxygen atoms in total. The maximum atomic E-state index is 11.7. The Bertz CT molecular complexity index is 387. The van der Waals surface area contributed by atoms with E-state index < -0.39 is 0 Å². The molecule has 1 amide bonds. The number of nitrogens with zero attached hydrogens (tertiary/aromatic N) is 1. The number of carbonyl (C=O) groups excluding carboxylic acids is 1. The largest absolute Gasteiger partial charge is 0.394 e. The third-order valence-electron chi connectivity index (χ3n) is 1.89. The zero-order valence-electron chi connectivity index (χ0n) is 9.15. The Balaban J connectivity index is 2.44. The van der Waals surface area contributed by atoms with Gasteiger partial charge in [-0.25, -0.2) is 4.98 Å². The highest BCUT2D eigenvalue weighted by molar-refractivity contribution is 9.10. The van der Waals surface area contributed by atoms with E-state index >= 15 is 0 Å². The number of nitrogens with one attached hydrogen (secondary N) is 1. The Morgan fingerprint density at radius 1 is 1.59 bits per heavy atom. The number of carbonyl (C=O) groups is 1. The van der Waals surface area contributed by atoms with Gasteiger partial charge in [0.2, 0.25) is 0 Å². The van der Waals surface area contributed by atoms with Crippen molar-refractivity contribution in [3.63, 3.8) is 0 Å². The standard InChI is InChI=1S/C10H14BrN3O3/c11-8-6-14-9(12)5-7(8)10(16)13-1-3-17-4-2-15/h5-6,15H,1-4H2,(H2,12,14)(H,13,16). The molecule has 4 N–H and O–H groups in total. The van der Waals surface area contributed by atoms with E-state index in [1.165, 1.54) is 12.3 Å². The van der Waals surface area contributed by atoms with Gasteiger partial charge < -0.3 is 20.9 Å². The second-order valence-electron chi connectivity index (χ2n) is 3.18. The summed E-state index contributed by atoms with van der Waals surface area (Å²) in [6.45, 7) is 0.958. The molecule has 0 aliphatic heterocycles. The van der Waals surface area contributed by atoms with Crippen LogP contribution in [-0.2, 0) is 4.74 Å². The van der Waals surface area contributed by atoms with Gasteiger partial charge in [-0.1, -0.05) is 0 Å². The van der Waals surface area contributed by atoms with Crippen molar-refractivity contribution in [1.82, 2.24) is 10.3 Å². The number of nitrogens with two attached hydrogens (primary N) is 1. The van der Waals surface area contributed by atoms with Gasteiger partial charge in [0.15, 0.2) is 0 Å². The van der Waals surface area contributed by atoms with Gasteiger partial charge in [0.05, 0.1) is 25.4 Å². The molecule has 0 aromatic carbocycles. The molecule has 1 aromatic heterocycles. The molecule has 1 rings (SSSR count). The van der Waals surface area contributed by atoms with Crippen molar-refractivity contribution in [2.45, 2.75) is 0 Å². The van der Waals surface area contributed by atoms with E-state index in [-0.39, 0.29) is 24.9 Å². The van der Waals surface area contributed by atoms with Gasteiger partial charge in [-0.15, -0.1) is 0 Å². The SMILES string of the molecule is Nc1cc(C(=O)NCCOCCO)c(Br)cn1. The normalized spacial score (nSPS) is 10.2. The van der Waals surface area contributed by atoms with E-state index in [9.17, 15) is 4.79 Å². The minimum absolute atomic E-state index is 0.0274. The topological polar surface area (TPSA) is 97.5 Å². The maximum Gasteiger partial charge on any atom is 0.252 e. The average molecular weight is 304 g/mol. The van der Waals surface area contributed by atoms with Crippen LogP contribution in [0.2, 0.25) is 0 Å². The lowest BCUT2D eigenvalue weighted by Gasteiger charge is -2.07. The summed E-state index contributed by atoms with van der Waals surface area (Å²) < 4.78 is 5.59. The molecule has 0 radical (unpaired) electrons. The van der Waals surface area contributed by atoms with Crippen LogP contribution >= 0.6 is 15.9 Å². The van der Waals surface area contributed by atoms with Crippen LogP contribution in [0.1, 0.15) is 10.4 Å². The molecule has 0 saturated carbocycles. The molecule has 0 fully saturated rings. The minimum Gasteiger partial charge on any atom is -0.394 e. The molecular weight excluding hydrogens is 290 g/mol. The van der Waals surface area contributed by atoms with E-state index in [1.54, 1.807) is 0 Å². The minimum atomic E-state index is -0.251. The zero-order valence-corrected chi connectivity index (χ0v) is 10.7. The fourth-order valence-corrected chi connectivity index (χ4v) is 1.52. The van der Waals surface area contributed by atoms with Crippen LogP contribution in [0.3, 0.4) is 0 Å². The number of aliphatic hydroxyl groups excluding tert-OH is 1. The lowest BCUT2D eigenvalue weighted by molar-refractivity contribution is 0.0837. The van der Waals surface area contributed by atoms with Gasteiger partial charge in [0, 0.05) is 17.2 Å². The van der Waals surface area contributed by atoms with Gasteiger partial charge in [0.1, 0.15) is 5.82 Å². The summed E-state index contributed by atoms with van der Waals surface area (Å²) in [5.41, 5.74) is 5.93. The second-order valence-corrected chi connectivity index (χ2v) is 4.04. The molecule has 0 aliphatic rings. The first-order chi connectivity index (χ1) is 8.15. The van der Waals surface area contributed by atoms with Crippen LogP contribution in [0, 0.1) is 0 Å². The maximum absolute atomic E-state index is 11.7. The fraction of sp³-hybridized carbons (Fsp3) is 0.400. The van der Waals surface area contributed by atoms with Gasteiger partial charge in [-0.05, 0) is 22.0 Å². The Kier molecular flexibility index (Phi) is 5.88. The van der Waals surface area contributed by atoms with E-state index in [4.69, 9.17) is 15.6 Å². The van der Waals surface area contributed by atoms with Gasteiger partial charge in [-0.2, -0.15) is 0 Å². The third-order valence-corrected chi connectivity index (χ3v) is 2.52. The lowest BCUT2D eigenvalue weighted by Crippen LogP contribution is -2.28. The molecule has 1 heterocycles. The number of anilines is 1. The van der Waals surface area contributed by atoms with Crippen molar-refractivity contribution in [2.24, 2.45) is 0 Å². The molecule has 0 atom stereocenters.